The first-order valence-corrected chi connectivity index (χ1v) is 14.8. The van der Waals surface area contributed by atoms with Crippen molar-refractivity contribution < 1.29 is 27.8 Å². The Balaban J connectivity index is 1.36. The van der Waals surface area contributed by atoms with E-state index in [1.807, 2.05) is 41.3 Å². The molecule has 0 amide bonds. The molecule has 1 N–H and O–H groups in total. The molecule has 45 heavy (non-hydrogen) atoms. The summed E-state index contributed by atoms with van der Waals surface area (Å²) in [6.45, 7) is 3.66. The van der Waals surface area contributed by atoms with Gasteiger partial charge in [0, 0.05) is 62.8 Å². The maximum Gasteiger partial charge on any atom is 0.453 e. The van der Waals surface area contributed by atoms with Crippen molar-refractivity contribution in [1.82, 2.24) is 34.9 Å². The molecule has 2 aliphatic heterocycles. The van der Waals surface area contributed by atoms with Gasteiger partial charge in [0.25, 0.3) is 5.82 Å². The first-order chi connectivity index (χ1) is 21.7. The monoisotopic (exact) mass is 621 g/mol. The van der Waals surface area contributed by atoms with E-state index in [1.54, 1.807) is 12.1 Å². The molecule has 3 aromatic carbocycles. The SMILES string of the molecule is COc1ccc(-n2nnnc2C(F)(F)F)cc1CN1C[C@H]2CN(CC(=O)O)CCN2[C@H](C(c2ccccc2)c2ccccc2)C1. The normalized spacial score (nSPS) is 19.8. The Labute approximate surface area is 258 Å². The third kappa shape index (κ3) is 6.70. The molecule has 6 rings (SSSR count). The minimum atomic E-state index is -4.72. The zero-order valence-electron chi connectivity index (χ0n) is 24.7. The van der Waals surface area contributed by atoms with Gasteiger partial charge in [-0.1, -0.05) is 60.7 Å². The summed E-state index contributed by atoms with van der Waals surface area (Å²) in [4.78, 5) is 18.4. The molecule has 0 spiro atoms. The van der Waals surface area contributed by atoms with Crippen LogP contribution in [0.5, 0.6) is 5.75 Å². The van der Waals surface area contributed by atoms with Crippen LogP contribution in [0.1, 0.15) is 28.4 Å². The fourth-order valence-corrected chi connectivity index (χ4v) is 6.79. The van der Waals surface area contributed by atoms with Crippen LogP contribution in [0.4, 0.5) is 13.2 Å². The third-order valence-electron chi connectivity index (χ3n) is 8.64. The standard InChI is InChI=1S/C32H34F3N7O3/c1-45-28-13-12-25(42-31(32(33,34)35)36-37-38-42)16-24(28)17-40-19-26-18-39(21-29(43)44)14-15-41(26)27(20-40)30(22-8-4-2-5-9-22)23-10-6-3-7-11-23/h2-13,16,26-27,30H,14-15,17-21H2,1H3,(H,43,44)/t26-,27+/m1/s1. The van der Waals surface area contributed by atoms with Crippen molar-refractivity contribution in [1.29, 1.82) is 0 Å². The summed E-state index contributed by atoms with van der Waals surface area (Å²) in [7, 11) is 1.53. The van der Waals surface area contributed by atoms with Crippen molar-refractivity contribution in [3.8, 4) is 11.4 Å². The second kappa shape index (κ2) is 13.0. The lowest BCUT2D eigenvalue weighted by molar-refractivity contribution is -0.146. The van der Waals surface area contributed by atoms with E-state index in [-0.39, 0.29) is 30.2 Å². The number of hydrogen-bond acceptors (Lipinski definition) is 8. The van der Waals surface area contributed by atoms with Gasteiger partial charge in [0.1, 0.15) is 5.75 Å². The topological polar surface area (TPSA) is 99.8 Å². The molecule has 2 saturated heterocycles. The molecule has 4 aromatic rings. The van der Waals surface area contributed by atoms with Crippen LogP contribution < -0.4 is 4.74 Å². The zero-order chi connectivity index (χ0) is 31.6. The number of benzene rings is 3. The van der Waals surface area contributed by atoms with Gasteiger partial charge in [-0.05, 0) is 39.8 Å². The van der Waals surface area contributed by atoms with E-state index in [0.717, 1.165) is 6.54 Å². The van der Waals surface area contributed by atoms with E-state index >= 15 is 0 Å². The number of fused-ring (bicyclic) bond motifs is 1. The average molecular weight is 622 g/mol. The highest BCUT2D eigenvalue weighted by atomic mass is 19.4. The van der Waals surface area contributed by atoms with Gasteiger partial charge in [-0.25, -0.2) is 0 Å². The number of carboxylic acids is 1. The van der Waals surface area contributed by atoms with Crippen LogP contribution in [0.15, 0.2) is 78.9 Å². The second-order valence-electron chi connectivity index (χ2n) is 11.5. The summed E-state index contributed by atoms with van der Waals surface area (Å²) in [6.07, 6.45) is -4.72. The zero-order valence-corrected chi connectivity index (χ0v) is 24.7. The van der Waals surface area contributed by atoms with Crippen molar-refractivity contribution in [2.75, 3.05) is 46.4 Å². The van der Waals surface area contributed by atoms with Gasteiger partial charge in [-0.15, -0.1) is 5.10 Å². The number of carboxylic acid groups (broad SMARTS) is 1. The maximum absolute atomic E-state index is 13.6. The predicted molar refractivity (Wildman–Crippen MR) is 159 cm³/mol. The highest BCUT2D eigenvalue weighted by Gasteiger charge is 2.43. The number of carbonyl (C=O) groups is 1. The minimum absolute atomic E-state index is 0.0286. The number of halogens is 3. The predicted octanol–water partition coefficient (Wildman–Crippen LogP) is 3.78. The number of aromatic nitrogens is 4. The summed E-state index contributed by atoms with van der Waals surface area (Å²) in [5.41, 5.74) is 3.23. The Morgan fingerprint density at radius 1 is 0.956 bits per heavy atom. The molecule has 2 aliphatic rings. The van der Waals surface area contributed by atoms with E-state index in [9.17, 15) is 23.1 Å². The van der Waals surface area contributed by atoms with Gasteiger partial charge >= 0.3 is 12.1 Å². The van der Waals surface area contributed by atoms with Crippen molar-refractivity contribution in [2.24, 2.45) is 0 Å². The van der Waals surface area contributed by atoms with Gasteiger partial charge in [0.05, 0.1) is 19.3 Å². The van der Waals surface area contributed by atoms with Gasteiger partial charge in [0.15, 0.2) is 0 Å². The van der Waals surface area contributed by atoms with Gasteiger partial charge < -0.3 is 9.84 Å². The van der Waals surface area contributed by atoms with Crippen LogP contribution in [-0.2, 0) is 17.5 Å². The molecule has 13 heteroatoms. The van der Waals surface area contributed by atoms with Gasteiger partial charge in [0.2, 0.25) is 0 Å². The summed E-state index contributed by atoms with van der Waals surface area (Å²) >= 11 is 0. The number of aliphatic carboxylic acids is 1. The molecule has 236 valence electrons. The fraction of sp³-hybridized carbons (Fsp3) is 0.375. The number of methoxy groups -OCH3 is 1. The third-order valence-corrected chi connectivity index (χ3v) is 8.64. The largest absolute Gasteiger partial charge is 0.496 e. The first-order valence-electron chi connectivity index (χ1n) is 14.8. The van der Waals surface area contributed by atoms with Crippen LogP contribution in [0.2, 0.25) is 0 Å². The Kier molecular flexibility index (Phi) is 8.83. The van der Waals surface area contributed by atoms with Crippen molar-refractivity contribution in [3.05, 3.63) is 101 Å². The molecule has 1 aromatic heterocycles. The second-order valence-corrected chi connectivity index (χ2v) is 11.5. The molecule has 0 bridgehead atoms. The van der Waals surface area contributed by atoms with Crippen LogP contribution in [0.3, 0.4) is 0 Å². The molecule has 0 unspecified atom stereocenters. The number of nitrogens with zero attached hydrogens (tertiary/aromatic N) is 7. The van der Waals surface area contributed by atoms with Gasteiger partial charge in [-0.2, -0.15) is 17.9 Å². The average Bonchev–Trinajstić information content (AvgIpc) is 3.53. The molecule has 3 heterocycles. The molecule has 2 atom stereocenters. The Morgan fingerprint density at radius 2 is 1.62 bits per heavy atom. The Bertz CT molecular complexity index is 1560. The minimum Gasteiger partial charge on any atom is -0.496 e. The quantitative estimate of drug-likeness (QED) is 0.300. The molecule has 0 aliphatic carbocycles. The molecule has 0 radical (unpaired) electrons. The van der Waals surface area contributed by atoms with Crippen LogP contribution in [0.25, 0.3) is 5.69 Å². The van der Waals surface area contributed by atoms with Crippen molar-refractivity contribution in [3.63, 3.8) is 0 Å². The number of alkyl halides is 3. The van der Waals surface area contributed by atoms with Crippen LogP contribution >= 0.6 is 0 Å². The number of rotatable bonds is 9. The van der Waals surface area contributed by atoms with Gasteiger partial charge in [-0.3, -0.25) is 19.5 Å². The lowest BCUT2D eigenvalue weighted by Crippen LogP contribution is -2.67. The molecular weight excluding hydrogens is 587 g/mol. The van der Waals surface area contributed by atoms with E-state index in [0.29, 0.717) is 48.7 Å². The highest BCUT2D eigenvalue weighted by molar-refractivity contribution is 5.69. The van der Waals surface area contributed by atoms with E-state index in [1.165, 1.54) is 24.3 Å². The summed E-state index contributed by atoms with van der Waals surface area (Å²) in [5.74, 6) is -1.49. The van der Waals surface area contributed by atoms with Crippen LogP contribution in [-0.4, -0.2) is 104 Å². The number of hydrogen-bond donors (Lipinski definition) is 1. The van der Waals surface area contributed by atoms with E-state index in [2.05, 4.69) is 49.6 Å². The number of tetrazole rings is 1. The molecular formula is C32H34F3N7O3. The Morgan fingerprint density at radius 3 is 2.24 bits per heavy atom. The Hall–Kier alpha value is -4.33. The summed E-state index contributed by atoms with van der Waals surface area (Å²) < 4.78 is 47.2. The smallest absolute Gasteiger partial charge is 0.453 e. The lowest BCUT2D eigenvalue weighted by atomic mass is 9.81. The van der Waals surface area contributed by atoms with E-state index < -0.39 is 18.0 Å². The molecule has 0 saturated carbocycles. The maximum atomic E-state index is 13.6. The fourth-order valence-electron chi connectivity index (χ4n) is 6.79. The molecule has 10 nitrogen and oxygen atoms in total. The van der Waals surface area contributed by atoms with Crippen molar-refractivity contribution in [2.45, 2.75) is 30.7 Å². The summed E-state index contributed by atoms with van der Waals surface area (Å²) in [5, 5.41) is 19.6. The van der Waals surface area contributed by atoms with Crippen LogP contribution in [0, 0.1) is 0 Å². The number of ether oxygens (including phenoxy) is 1. The number of piperazine rings is 2. The van der Waals surface area contributed by atoms with Crippen molar-refractivity contribution >= 4 is 5.97 Å². The molecule has 2 fully saturated rings. The van der Waals surface area contributed by atoms with E-state index in [4.69, 9.17) is 4.74 Å². The first kappa shape index (κ1) is 30.7. The summed E-state index contributed by atoms with van der Waals surface area (Å²) in [6, 6.07) is 25.6. The lowest BCUT2D eigenvalue weighted by Gasteiger charge is -2.53. The highest BCUT2D eigenvalue weighted by Crippen LogP contribution is 2.37.